The van der Waals surface area contributed by atoms with Gasteiger partial charge in [-0.25, -0.2) is 23.4 Å². The number of amides is 3. The van der Waals surface area contributed by atoms with Gasteiger partial charge >= 0.3 is 12.2 Å². The number of halogens is 2. The van der Waals surface area contributed by atoms with Crippen molar-refractivity contribution < 1.29 is 32.6 Å². The van der Waals surface area contributed by atoms with Crippen molar-refractivity contribution in [2.24, 2.45) is 12.5 Å². The summed E-state index contributed by atoms with van der Waals surface area (Å²) in [7, 11) is 1.76. The first kappa shape index (κ1) is 33.1. The highest BCUT2D eigenvalue weighted by Gasteiger charge is 2.49. The van der Waals surface area contributed by atoms with Gasteiger partial charge in [-0.15, -0.1) is 0 Å². The van der Waals surface area contributed by atoms with Gasteiger partial charge in [0.2, 0.25) is 0 Å². The molecule has 15 heteroatoms. The Hall–Kier alpha value is -4.27. The number of carbonyl (C=O) groups excluding carboxylic acids is 3. The molecule has 12 nitrogen and oxygen atoms in total. The lowest BCUT2D eigenvalue weighted by Gasteiger charge is -2.54. The highest BCUT2D eigenvalue weighted by molar-refractivity contribution is 7.19. The van der Waals surface area contributed by atoms with Crippen LogP contribution in [-0.4, -0.2) is 75.1 Å². The second-order valence-electron chi connectivity index (χ2n) is 13.7. The molecular weight excluding hydrogens is 620 g/mol. The fourth-order valence-electron chi connectivity index (χ4n) is 5.71. The average Bonchev–Trinajstić information content (AvgIpc) is 3.48. The van der Waals surface area contributed by atoms with Crippen molar-refractivity contribution in [1.82, 2.24) is 19.7 Å². The van der Waals surface area contributed by atoms with Crippen molar-refractivity contribution in [3.63, 3.8) is 0 Å². The van der Waals surface area contributed by atoms with Crippen molar-refractivity contribution in [3.05, 3.63) is 41.7 Å². The maximum Gasteiger partial charge on any atom is 0.412 e. The number of benzene rings is 1. The molecule has 0 radical (unpaired) electrons. The van der Waals surface area contributed by atoms with Crippen molar-refractivity contribution in [1.29, 1.82) is 0 Å². The second-order valence-corrected chi connectivity index (χ2v) is 14.7. The van der Waals surface area contributed by atoms with Gasteiger partial charge in [0.1, 0.15) is 38.5 Å². The number of ether oxygens (including phenoxy) is 2. The van der Waals surface area contributed by atoms with E-state index in [0.29, 0.717) is 37.7 Å². The molecule has 2 aliphatic rings. The molecule has 1 aromatic carbocycles. The highest BCUT2D eigenvalue weighted by Crippen LogP contribution is 2.42. The number of rotatable bonds is 5. The number of hydrogen-bond acceptors (Lipinski definition) is 9. The van der Waals surface area contributed by atoms with E-state index >= 15 is 0 Å². The molecule has 1 spiro atoms. The standard InChI is InChI=1S/C31H39F2N7O5S/c1-29(2,3)44-27(42)37-25-22(36-24(46-25)21-18(32)10-8-11-19(21)33)23(41)35-20-14-34-38(7)26(20)39-13-9-12-31(15-39)16-40(17-31)28(43)45-30(4,5)6/h8,10-11,14H,9,12-13,15-17H2,1-7H3,(H,35,41)(H,37,42). The number of anilines is 3. The third-order valence-corrected chi connectivity index (χ3v) is 8.44. The average molecular weight is 660 g/mol. The third kappa shape index (κ3) is 7.24. The number of carbonyl (C=O) groups is 3. The minimum absolute atomic E-state index is 0.0385. The predicted octanol–water partition coefficient (Wildman–Crippen LogP) is 6.26. The van der Waals surface area contributed by atoms with Crippen LogP contribution in [0, 0.1) is 17.0 Å². The van der Waals surface area contributed by atoms with Crippen molar-refractivity contribution in [2.75, 3.05) is 41.7 Å². The summed E-state index contributed by atoms with van der Waals surface area (Å²) in [6.45, 7) is 13.0. The SMILES string of the molecule is Cn1ncc(NC(=O)c2nc(-c3c(F)cccc3F)sc2NC(=O)OC(C)(C)C)c1N1CCCC2(CN(C(=O)OC(C)(C)C)C2)C1. The van der Waals surface area contributed by atoms with E-state index in [2.05, 4.69) is 25.6 Å². The van der Waals surface area contributed by atoms with E-state index in [1.807, 2.05) is 20.8 Å². The number of nitrogens with one attached hydrogen (secondary N) is 2. The molecule has 2 aromatic heterocycles. The van der Waals surface area contributed by atoms with Crippen LogP contribution in [-0.2, 0) is 16.5 Å². The molecule has 0 unspecified atom stereocenters. The number of thiazole rings is 1. The van der Waals surface area contributed by atoms with Gasteiger partial charge in [0, 0.05) is 38.6 Å². The molecule has 46 heavy (non-hydrogen) atoms. The number of hydrogen-bond donors (Lipinski definition) is 2. The molecule has 0 saturated carbocycles. The van der Waals surface area contributed by atoms with E-state index in [1.54, 1.807) is 37.4 Å². The molecule has 4 heterocycles. The molecule has 0 bridgehead atoms. The van der Waals surface area contributed by atoms with Crippen LogP contribution in [0.3, 0.4) is 0 Å². The summed E-state index contributed by atoms with van der Waals surface area (Å²) in [4.78, 5) is 47.0. The zero-order chi connectivity index (χ0) is 33.6. The van der Waals surface area contributed by atoms with E-state index in [9.17, 15) is 23.2 Å². The molecular formula is C31H39F2N7O5S. The van der Waals surface area contributed by atoms with E-state index in [0.717, 1.165) is 36.3 Å². The van der Waals surface area contributed by atoms with Gasteiger partial charge in [0.15, 0.2) is 11.5 Å². The molecule has 5 rings (SSSR count). The molecule has 2 aliphatic heterocycles. The van der Waals surface area contributed by atoms with E-state index < -0.39 is 40.4 Å². The number of nitrogens with zero attached hydrogens (tertiary/aromatic N) is 5. The Kier molecular flexibility index (Phi) is 8.75. The summed E-state index contributed by atoms with van der Waals surface area (Å²) in [5, 5.41) is 9.55. The van der Waals surface area contributed by atoms with Crippen LogP contribution in [0.25, 0.3) is 10.6 Å². The Morgan fingerprint density at radius 2 is 1.63 bits per heavy atom. The van der Waals surface area contributed by atoms with Crippen molar-refractivity contribution >= 4 is 45.9 Å². The van der Waals surface area contributed by atoms with Crippen LogP contribution < -0.4 is 15.5 Å². The first-order valence-corrected chi connectivity index (χ1v) is 15.8. The quantitative estimate of drug-likeness (QED) is 0.328. The Labute approximate surface area is 270 Å². The smallest absolute Gasteiger partial charge is 0.412 e. The normalized spacial score (nSPS) is 16.2. The van der Waals surface area contributed by atoms with Crippen LogP contribution in [0.1, 0.15) is 64.9 Å². The Balaban J connectivity index is 1.38. The van der Waals surface area contributed by atoms with Gasteiger partial charge in [0.25, 0.3) is 5.91 Å². The maximum atomic E-state index is 14.7. The van der Waals surface area contributed by atoms with Gasteiger partial charge in [-0.2, -0.15) is 5.10 Å². The minimum Gasteiger partial charge on any atom is -0.444 e. The predicted molar refractivity (Wildman–Crippen MR) is 170 cm³/mol. The monoisotopic (exact) mass is 659 g/mol. The zero-order valence-electron chi connectivity index (χ0n) is 27.0. The van der Waals surface area contributed by atoms with Gasteiger partial charge in [-0.05, 0) is 66.5 Å². The topological polar surface area (TPSA) is 131 Å². The van der Waals surface area contributed by atoms with Crippen LogP contribution in [0.15, 0.2) is 24.4 Å². The van der Waals surface area contributed by atoms with Crippen LogP contribution in [0.2, 0.25) is 0 Å². The molecule has 0 atom stereocenters. The highest BCUT2D eigenvalue weighted by atomic mass is 32.1. The van der Waals surface area contributed by atoms with Crippen LogP contribution in [0.5, 0.6) is 0 Å². The summed E-state index contributed by atoms with van der Waals surface area (Å²) < 4.78 is 41.9. The minimum atomic E-state index is -0.862. The second kappa shape index (κ2) is 12.2. The van der Waals surface area contributed by atoms with Crippen molar-refractivity contribution in [2.45, 2.75) is 65.6 Å². The van der Waals surface area contributed by atoms with Crippen LogP contribution >= 0.6 is 11.3 Å². The molecule has 248 valence electrons. The molecule has 2 saturated heterocycles. The molecule has 2 N–H and O–H groups in total. The van der Waals surface area contributed by atoms with Crippen LogP contribution in [0.4, 0.5) is 34.9 Å². The van der Waals surface area contributed by atoms with E-state index in [4.69, 9.17) is 9.47 Å². The summed E-state index contributed by atoms with van der Waals surface area (Å²) in [5.41, 5.74) is -1.81. The number of aryl methyl sites for hydroxylation is 1. The zero-order valence-corrected chi connectivity index (χ0v) is 27.8. The fourth-order valence-corrected chi connectivity index (χ4v) is 6.70. The molecule has 2 fully saturated rings. The number of piperidine rings is 1. The number of likely N-dealkylation sites (tertiary alicyclic amines) is 1. The van der Waals surface area contributed by atoms with E-state index in [-0.39, 0.29) is 27.2 Å². The molecule has 3 aromatic rings. The first-order valence-electron chi connectivity index (χ1n) is 15.0. The summed E-state index contributed by atoms with van der Waals surface area (Å²) in [6.07, 6.45) is 2.13. The Morgan fingerprint density at radius 3 is 2.26 bits per heavy atom. The van der Waals surface area contributed by atoms with E-state index in [1.165, 1.54) is 12.3 Å². The van der Waals surface area contributed by atoms with Gasteiger partial charge in [-0.3, -0.25) is 14.8 Å². The largest absolute Gasteiger partial charge is 0.444 e. The van der Waals surface area contributed by atoms with Crippen molar-refractivity contribution in [3.8, 4) is 10.6 Å². The maximum absolute atomic E-state index is 14.7. The third-order valence-electron chi connectivity index (χ3n) is 7.45. The van der Waals surface area contributed by atoms with Gasteiger partial charge in [-0.1, -0.05) is 17.4 Å². The fraction of sp³-hybridized carbons (Fsp3) is 0.516. The first-order chi connectivity index (χ1) is 21.4. The summed E-state index contributed by atoms with van der Waals surface area (Å²) in [6, 6.07) is 3.40. The summed E-state index contributed by atoms with van der Waals surface area (Å²) in [5.74, 6) is -1.79. The Bertz CT molecular complexity index is 1630. The lowest BCUT2D eigenvalue weighted by molar-refractivity contribution is -0.0391. The lowest BCUT2D eigenvalue weighted by Crippen LogP contribution is -2.65. The Morgan fingerprint density at radius 1 is 0.978 bits per heavy atom. The molecule has 3 amide bonds. The van der Waals surface area contributed by atoms with Gasteiger partial charge in [0.05, 0.1) is 11.8 Å². The molecule has 0 aliphatic carbocycles. The summed E-state index contributed by atoms with van der Waals surface area (Å²) >= 11 is 0.750. The lowest BCUT2D eigenvalue weighted by atomic mass is 9.73. The number of aromatic nitrogens is 3. The van der Waals surface area contributed by atoms with Gasteiger partial charge < -0.3 is 24.6 Å².